The molecule has 106 valence electrons. The lowest BCUT2D eigenvalue weighted by atomic mass is 10.1. The quantitative estimate of drug-likeness (QED) is 0.680. The van der Waals surface area contributed by atoms with Crippen molar-refractivity contribution < 1.29 is 18.7 Å². The molecule has 0 unspecified atom stereocenters. The van der Waals surface area contributed by atoms with Crippen molar-refractivity contribution in [1.82, 2.24) is 0 Å². The van der Waals surface area contributed by atoms with Gasteiger partial charge in [-0.05, 0) is 42.5 Å². The summed E-state index contributed by atoms with van der Waals surface area (Å²) in [5.74, 6) is 2.07. The largest absolute Gasteiger partial charge is 0.497 e. The fourth-order valence-corrected chi connectivity index (χ4v) is 2.28. The van der Waals surface area contributed by atoms with Gasteiger partial charge in [0.15, 0.2) is 17.6 Å². The van der Waals surface area contributed by atoms with E-state index in [2.05, 4.69) is 0 Å². The maximum absolute atomic E-state index is 11.2. The standard InChI is InChI=1S/C17H14O4/c1-19-13-6-3-11(4-7-13)16-9-14-12(10-18)5-8-15(20-2)17(14)21-16/h3-10H,1-2H3. The highest BCUT2D eigenvalue weighted by Gasteiger charge is 2.13. The maximum Gasteiger partial charge on any atom is 0.177 e. The Labute approximate surface area is 121 Å². The number of hydrogen-bond donors (Lipinski definition) is 0. The van der Waals surface area contributed by atoms with Gasteiger partial charge in [-0.2, -0.15) is 0 Å². The van der Waals surface area contributed by atoms with Gasteiger partial charge in [-0.1, -0.05) is 0 Å². The van der Waals surface area contributed by atoms with Gasteiger partial charge in [0.05, 0.1) is 14.2 Å². The molecular weight excluding hydrogens is 268 g/mol. The zero-order chi connectivity index (χ0) is 14.8. The second kappa shape index (κ2) is 5.32. The minimum atomic E-state index is 0.577. The van der Waals surface area contributed by atoms with Gasteiger partial charge in [0.1, 0.15) is 11.5 Å². The summed E-state index contributed by atoms with van der Waals surface area (Å²) in [5, 5.41) is 0.746. The maximum atomic E-state index is 11.2. The summed E-state index contributed by atoms with van der Waals surface area (Å²) >= 11 is 0. The minimum Gasteiger partial charge on any atom is -0.497 e. The normalized spacial score (nSPS) is 10.6. The van der Waals surface area contributed by atoms with Crippen molar-refractivity contribution in [3.63, 3.8) is 0 Å². The predicted molar refractivity (Wildman–Crippen MR) is 80.1 cm³/mol. The van der Waals surface area contributed by atoms with E-state index in [1.54, 1.807) is 26.4 Å². The van der Waals surface area contributed by atoms with Crippen LogP contribution in [0.25, 0.3) is 22.3 Å². The SMILES string of the molecule is COc1ccc(-c2cc3c(C=O)ccc(OC)c3o2)cc1. The van der Waals surface area contributed by atoms with E-state index in [0.29, 0.717) is 22.7 Å². The van der Waals surface area contributed by atoms with E-state index in [1.165, 1.54) is 0 Å². The number of methoxy groups -OCH3 is 2. The van der Waals surface area contributed by atoms with E-state index in [0.717, 1.165) is 23.0 Å². The van der Waals surface area contributed by atoms with Gasteiger partial charge >= 0.3 is 0 Å². The molecule has 1 heterocycles. The van der Waals surface area contributed by atoms with Crippen molar-refractivity contribution in [2.75, 3.05) is 14.2 Å². The number of ether oxygens (including phenoxy) is 2. The molecule has 3 aromatic rings. The van der Waals surface area contributed by atoms with E-state index in [9.17, 15) is 4.79 Å². The number of benzene rings is 2. The van der Waals surface area contributed by atoms with Crippen LogP contribution in [0, 0.1) is 0 Å². The van der Waals surface area contributed by atoms with E-state index < -0.39 is 0 Å². The molecule has 4 heteroatoms. The predicted octanol–water partition coefficient (Wildman–Crippen LogP) is 3.93. The topological polar surface area (TPSA) is 48.7 Å². The number of carbonyl (C=O) groups excluding carboxylic acids is 1. The van der Waals surface area contributed by atoms with Crippen molar-refractivity contribution in [2.24, 2.45) is 0 Å². The molecule has 0 spiro atoms. The summed E-state index contributed by atoms with van der Waals surface area (Å²) in [6.45, 7) is 0. The molecular formula is C17H14O4. The van der Waals surface area contributed by atoms with E-state index in [-0.39, 0.29) is 0 Å². The molecule has 0 radical (unpaired) electrons. The smallest absolute Gasteiger partial charge is 0.177 e. The second-order valence-electron chi connectivity index (χ2n) is 4.56. The number of fused-ring (bicyclic) bond motifs is 1. The molecule has 0 aliphatic rings. The summed E-state index contributed by atoms with van der Waals surface area (Å²) in [6, 6.07) is 12.8. The number of carbonyl (C=O) groups is 1. The summed E-state index contributed by atoms with van der Waals surface area (Å²) in [7, 11) is 3.20. The molecule has 2 aromatic carbocycles. The van der Waals surface area contributed by atoms with E-state index in [4.69, 9.17) is 13.9 Å². The highest BCUT2D eigenvalue weighted by atomic mass is 16.5. The van der Waals surface area contributed by atoms with Gasteiger partial charge in [0.25, 0.3) is 0 Å². The Bertz CT molecular complexity index is 784. The van der Waals surface area contributed by atoms with Crippen LogP contribution in [0.4, 0.5) is 0 Å². The van der Waals surface area contributed by atoms with Crippen molar-refractivity contribution in [1.29, 1.82) is 0 Å². The van der Waals surface area contributed by atoms with Crippen molar-refractivity contribution in [3.05, 3.63) is 48.0 Å². The molecule has 0 atom stereocenters. The molecule has 0 saturated heterocycles. The Morgan fingerprint density at radius 2 is 1.76 bits per heavy atom. The third-order valence-electron chi connectivity index (χ3n) is 3.40. The average molecular weight is 282 g/mol. The Hall–Kier alpha value is -2.75. The number of aldehydes is 1. The molecule has 1 aromatic heterocycles. The lowest BCUT2D eigenvalue weighted by Gasteiger charge is -2.01. The van der Waals surface area contributed by atoms with Crippen LogP contribution in [0.3, 0.4) is 0 Å². The van der Waals surface area contributed by atoms with Gasteiger partial charge in [-0.3, -0.25) is 4.79 Å². The first-order valence-electron chi connectivity index (χ1n) is 6.47. The molecule has 0 fully saturated rings. The Balaban J connectivity index is 2.17. The van der Waals surface area contributed by atoms with Crippen LogP contribution < -0.4 is 9.47 Å². The van der Waals surface area contributed by atoms with E-state index in [1.807, 2.05) is 30.3 Å². The first-order chi connectivity index (χ1) is 10.3. The number of rotatable bonds is 4. The fourth-order valence-electron chi connectivity index (χ4n) is 2.28. The first-order valence-corrected chi connectivity index (χ1v) is 6.47. The lowest BCUT2D eigenvalue weighted by molar-refractivity contribution is 0.112. The summed E-state index contributed by atoms with van der Waals surface area (Å²) in [5.41, 5.74) is 2.06. The highest BCUT2D eigenvalue weighted by Crippen LogP contribution is 2.35. The Kier molecular flexibility index (Phi) is 3.36. The molecule has 4 nitrogen and oxygen atoms in total. The fraction of sp³-hybridized carbons (Fsp3) is 0.118. The molecule has 0 aliphatic heterocycles. The summed E-state index contributed by atoms with van der Waals surface area (Å²) in [4.78, 5) is 11.2. The molecule has 3 rings (SSSR count). The zero-order valence-corrected chi connectivity index (χ0v) is 11.8. The third-order valence-corrected chi connectivity index (χ3v) is 3.40. The molecule has 21 heavy (non-hydrogen) atoms. The van der Waals surface area contributed by atoms with Gasteiger partial charge in [0.2, 0.25) is 0 Å². The van der Waals surface area contributed by atoms with Crippen LogP contribution in [0.5, 0.6) is 11.5 Å². The lowest BCUT2D eigenvalue weighted by Crippen LogP contribution is -1.86. The Morgan fingerprint density at radius 1 is 1.00 bits per heavy atom. The van der Waals surface area contributed by atoms with Gasteiger partial charge in [0, 0.05) is 16.5 Å². The van der Waals surface area contributed by atoms with Gasteiger partial charge < -0.3 is 13.9 Å². The van der Waals surface area contributed by atoms with Crippen molar-refractivity contribution >= 4 is 17.3 Å². The van der Waals surface area contributed by atoms with Crippen LogP contribution in [0.2, 0.25) is 0 Å². The molecule has 0 bridgehead atoms. The first kappa shape index (κ1) is 13.2. The Morgan fingerprint density at radius 3 is 2.38 bits per heavy atom. The van der Waals surface area contributed by atoms with E-state index >= 15 is 0 Å². The van der Waals surface area contributed by atoms with Crippen molar-refractivity contribution in [2.45, 2.75) is 0 Å². The third kappa shape index (κ3) is 2.25. The summed E-state index contributed by atoms with van der Waals surface area (Å²) in [6.07, 6.45) is 0.815. The summed E-state index contributed by atoms with van der Waals surface area (Å²) < 4.78 is 16.3. The highest BCUT2D eigenvalue weighted by molar-refractivity contribution is 6.00. The van der Waals surface area contributed by atoms with Crippen LogP contribution in [-0.2, 0) is 0 Å². The van der Waals surface area contributed by atoms with Gasteiger partial charge in [-0.15, -0.1) is 0 Å². The van der Waals surface area contributed by atoms with Gasteiger partial charge in [-0.25, -0.2) is 0 Å². The van der Waals surface area contributed by atoms with Crippen LogP contribution in [0.1, 0.15) is 10.4 Å². The molecule has 0 amide bonds. The van der Waals surface area contributed by atoms with Crippen LogP contribution in [-0.4, -0.2) is 20.5 Å². The van der Waals surface area contributed by atoms with Crippen molar-refractivity contribution in [3.8, 4) is 22.8 Å². The van der Waals surface area contributed by atoms with Crippen LogP contribution >= 0.6 is 0 Å². The zero-order valence-electron chi connectivity index (χ0n) is 11.8. The number of furan rings is 1. The minimum absolute atomic E-state index is 0.577. The van der Waals surface area contributed by atoms with Crippen LogP contribution in [0.15, 0.2) is 46.9 Å². The molecule has 0 N–H and O–H groups in total. The molecule has 0 aliphatic carbocycles. The molecule has 0 saturated carbocycles. The number of hydrogen-bond acceptors (Lipinski definition) is 4. The second-order valence-corrected chi connectivity index (χ2v) is 4.56. The monoisotopic (exact) mass is 282 g/mol. The average Bonchev–Trinajstić information content (AvgIpc) is 2.99.